The second-order valence-electron chi connectivity index (χ2n) is 6.96. The second-order valence-corrected chi connectivity index (χ2v) is 6.96. The van der Waals surface area contributed by atoms with E-state index in [1.807, 2.05) is 13.8 Å². The fourth-order valence-corrected chi connectivity index (χ4v) is 2.95. The molecule has 2 fully saturated rings. The summed E-state index contributed by atoms with van der Waals surface area (Å²) in [5.41, 5.74) is 4.82. The van der Waals surface area contributed by atoms with Crippen LogP contribution in [-0.2, 0) is 9.53 Å². The molecule has 0 saturated carbocycles. The first-order valence-corrected chi connectivity index (χ1v) is 8.59. The molecule has 0 aromatic heterocycles. The lowest BCUT2D eigenvalue weighted by molar-refractivity contribution is -0.125. The molecule has 0 spiro atoms. The summed E-state index contributed by atoms with van der Waals surface area (Å²) in [7, 11) is 0. The van der Waals surface area contributed by atoms with E-state index >= 15 is 0 Å². The van der Waals surface area contributed by atoms with Crippen LogP contribution in [0.5, 0.6) is 0 Å². The number of amides is 1. The Morgan fingerprint density at radius 3 is 2.65 bits per heavy atom. The zero-order valence-electron chi connectivity index (χ0n) is 14.7. The van der Waals surface area contributed by atoms with Gasteiger partial charge in [0.1, 0.15) is 0 Å². The van der Waals surface area contributed by atoms with E-state index in [2.05, 4.69) is 27.0 Å². The highest BCUT2D eigenvalue weighted by molar-refractivity contribution is 5.83. The average Bonchev–Trinajstić information content (AvgIpc) is 3.02. The summed E-state index contributed by atoms with van der Waals surface area (Å²) < 4.78 is 5.44. The molecule has 0 radical (unpaired) electrons. The van der Waals surface area contributed by atoms with Gasteiger partial charge in [-0.15, -0.1) is 0 Å². The van der Waals surface area contributed by atoms with Crippen molar-refractivity contribution in [3.63, 3.8) is 0 Å². The number of ether oxygens (including phenoxy) is 1. The van der Waals surface area contributed by atoms with E-state index in [9.17, 15) is 4.79 Å². The highest BCUT2D eigenvalue weighted by atomic mass is 16.5. The Morgan fingerprint density at radius 2 is 2.04 bits per heavy atom. The monoisotopic (exact) mass is 325 g/mol. The van der Waals surface area contributed by atoms with E-state index in [1.165, 1.54) is 0 Å². The molecule has 0 aromatic rings. The Kier molecular flexibility index (Phi) is 6.24. The van der Waals surface area contributed by atoms with Crippen molar-refractivity contribution in [3.8, 4) is 0 Å². The van der Waals surface area contributed by atoms with Gasteiger partial charge in [0.2, 0.25) is 5.91 Å². The molecule has 1 amide bonds. The predicted octanol–water partition coefficient (Wildman–Crippen LogP) is -0.130. The van der Waals surface area contributed by atoms with Gasteiger partial charge in [-0.1, -0.05) is 0 Å². The fourth-order valence-electron chi connectivity index (χ4n) is 2.95. The number of nitrogens with zero attached hydrogens (tertiary/aromatic N) is 3. The van der Waals surface area contributed by atoms with Crippen molar-refractivity contribution in [2.24, 2.45) is 16.1 Å². The minimum Gasteiger partial charge on any atom is -0.379 e. The minimum atomic E-state index is -0.621. The lowest BCUT2D eigenvalue weighted by atomic mass is 9.93. The number of morpholine rings is 1. The molecule has 1 unspecified atom stereocenters. The molecular formula is C16H31N5O2. The summed E-state index contributed by atoms with van der Waals surface area (Å²) in [5, 5.41) is 3.34. The number of rotatable bonds is 5. The first-order chi connectivity index (χ1) is 10.9. The maximum atomic E-state index is 11.5. The quantitative estimate of drug-likeness (QED) is 0.543. The zero-order valence-corrected chi connectivity index (χ0v) is 14.7. The van der Waals surface area contributed by atoms with E-state index in [0.29, 0.717) is 12.6 Å². The largest absolute Gasteiger partial charge is 0.379 e. The van der Waals surface area contributed by atoms with Crippen LogP contribution in [0.15, 0.2) is 4.99 Å². The summed E-state index contributed by atoms with van der Waals surface area (Å²) in [6.45, 7) is 12.6. The minimum absolute atomic E-state index is 0.315. The molecule has 2 rings (SSSR count). The molecular weight excluding hydrogens is 294 g/mol. The van der Waals surface area contributed by atoms with Crippen LogP contribution < -0.4 is 11.1 Å². The molecule has 2 aliphatic heterocycles. The Labute approximate surface area is 139 Å². The SMILES string of the molecule is CCNC(=NCC(C)(C)C(N)=O)N1CCC(N2CCOCC2)C1. The molecule has 2 heterocycles. The van der Waals surface area contributed by atoms with Crippen LogP contribution in [0.2, 0.25) is 0 Å². The number of nitrogens with two attached hydrogens (primary N) is 1. The molecule has 23 heavy (non-hydrogen) atoms. The molecule has 0 aliphatic carbocycles. The van der Waals surface area contributed by atoms with Crippen LogP contribution in [0.25, 0.3) is 0 Å². The van der Waals surface area contributed by atoms with Crippen LogP contribution in [0, 0.1) is 5.41 Å². The van der Waals surface area contributed by atoms with Crippen molar-refractivity contribution in [2.45, 2.75) is 33.2 Å². The van der Waals surface area contributed by atoms with Gasteiger partial charge in [-0.3, -0.25) is 14.7 Å². The Hall–Kier alpha value is -1.34. The predicted molar refractivity (Wildman–Crippen MR) is 91.3 cm³/mol. The number of carbonyl (C=O) groups is 1. The molecule has 2 aliphatic rings. The van der Waals surface area contributed by atoms with Crippen LogP contribution in [0.4, 0.5) is 0 Å². The summed E-state index contributed by atoms with van der Waals surface area (Å²) >= 11 is 0. The first-order valence-electron chi connectivity index (χ1n) is 8.59. The lowest BCUT2D eigenvalue weighted by Crippen LogP contribution is -2.47. The summed E-state index contributed by atoms with van der Waals surface area (Å²) in [4.78, 5) is 20.9. The van der Waals surface area contributed by atoms with Crippen molar-refractivity contribution >= 4 is 11.9 Å². The van der Waals surface area contributed by atoms with E-state index in [-0.39, 0.29) is 5.91 Å². The van der Waals surface area contributed by atoms with Gasteiger partial charge in [-0.05, 0) is 27.2 Å². The van der Waals surface area contributed by atoms with Crippen molar-refractivity contribution < 1.29 is 9.53 Å². The van der Waals surface area contributed by atoms with Gasteiger partial charge >= 0.3 is 0 Å². The highest BCUT2D eigenvalue weighted by Crippen LogP contribution is 2.18. The molecule has 132 valence electrons. The van der Waals surface area contributed by atoms with Crippen LogP contribution in [-0.4, -0.2) is 80.2 Å². The van der Waals surface area contributed by atoms with Crippen LogP contribution >= 0.6 is 0 Å². The Bertz CT molecular complexity index is 432. The van der Waals surface area contributed by atoms with Crippen molar-refractivity contribution in [1.82, 2.24) is 15.1 Å². The zero-order chi connectivity index (χ0) is 16.9. The van der Waals surface area contributed by atoms with Gasteiger partial charge in [0.25, 0.3) is 0 Å². The van der Waals surface area contributed by atoms with Gasteiger partial charge in [-0.2, -0.15) is 0 Å². The lowest BCUT2D eigenvalue weighted by Gasteiger charge is -2.32. The molecule has 0 aromatic carbocycles. The van der Waals surface area contributed by atoms with Crippen molar-refractivity contribution in [1.29, 1.82) is 0 Å². The second kappa shape index (κ2) is 7.97. The van der Waals surface area contributed by atoms with Gasteiger partial charge < -0.3 is 20.7 Å². The maximum absolute atomic E-state index is 11.5. The number of hydrogen-bond donors (Lipinski definition) is 2. The maximum Gasteiger partial charge on any atom is 0.224 e. The smallest absolute Gasteiger partial charge is 0.224 e. The Morgan fingerprint density at radius 1 is 1.35 bits per heavy atom. The number of hydrogen-bond acceptors (Lipinski definition) is 4. The molecule has 3 N–H and O–H groups in total. The summed E-state index contributed by atoms with van der Waals surface area (Å²) in [6.07, 6.45) is 1.14. The van der Waals surface area contributed by atoms with Crippen molar-refractivity contribution in [2.75, 3.05) is 52.5 Å². The van der Waals surface area contributed by atoms with Gasteiger partial charge in [0, 0.05) is 38.8 Å². The topological polar surface area (TPSA) is 83.2 Å². The highest BCUT2D eigenvalue weighted by Gasteiger charge is 2.31. The number of carbonyl (C=O) groups excluding carboxylic acids is 1. The molecule has 7 nitrogen and oxygen atoms in total. The molecule has 1 atom stereocenters. The number of primary amides is 1. The average molecular weight is 325 g/mol. The standard InChI is InChI=1S/C16H31N5O2/c1-4-18-15(19-12-16(2,3)14(17)22)21-6-5-13(11-21)20-7-9-23-10-8-20/h13H,4-12H2,1-3H3,(H2,17,22)(H,18,19). The fraction of sp³-hybridized carbons (Fsp3) is 0.875. The van der Waals surface area contributed by atoms with Gasteiger partial charge in [0.15, 0.2) is 5.96 Å². The van der Waals surface area contributed by atoms with E-state index < -0.39 is 5.41 Å². The number of aliphatic imine (C=N–C) groups is 1. The molecule has 2 saturated heterocycles. The van der Waals surface area contributed by atoms with Crippen LogP contribution in [0.3, 0.4) is 0 Å². The number of guanidine groups is 1. The van der Waals surface area contributed by atoms with E-state index in [1.54, 1.807) is 0 Å². The third kappa shape index (κ3) is 4.81. The normalized spacial score (nSPS) is 24.0. The van der Waals surface area contributed by atoms with E-state index in [0.717, 1.165) is 58.3 Å². The number of nitrogens with one attached hydrogen (secondary N) is 1. The Balaban J connectivity index is 1.96. The summed E-state index contributed by atoms with van der Waals surface area (Å²) in [5.74, 6) is 0.572. The third-order valence-corrected chi connectivity index (χ3v) is 4.65. The molecule has 7 heteroatoms. The van der Waals surface area contributed by atoms with Crippen molar-refractivity contribution in [3.05, 3.63) is 0 Å². The van der Waals surface area contributed by atoms with Gasteiger partial charge in [0.05, 0.1) is 25.2 Å². The van der Waals surface area contributed by atoms with E-state index in [4.69, 9.17) is 10.5 Å². The summed E-state index contributed by atoms with van der Waals surface area (Å²) in [6, 6.07) is 0.562. The molecule has 0 bridgehead atoms. The third-order valence-electron chi connectivity index (χ3n) is 4.65. The van der Waals surface area contributed by atoms with Crippen LogP contribution in [0.1, 0.15) is 27.2 Å². The first kappa shape index (κ1) is 18.0. The number of likely N-dealkylation sites (tertiary alicyclic amines) is 1. The van der Waals surface area contributed by atoms with Gasteiger partial charge in [-0.25, -0.2) is 0 Å².